The number of rotatable bonds is 7. The third-order valence-corrected chi connectivity index (χ3v) is 5.16. The lowest BCUT2D eigenvalue weighted by molar-refractivity contribution is -0.139. The number of likely N-dealkylation sites (N-methyl/N-ethyl adjacent to an activating group) is 1. The number of aliphatic hydroxyl groups is 2. The Labute approximate surface area is 162 Å². The molecule has 1 aromatic heterocycles. The van der Waals surface area contributed by atoms with E-state index in [-0.39, 0.29) is 12.5 Å². The van der Waals surface area contributed by atoms with Crippen LogP contribution in [0.4, 0.5) is 5.69 Å². The summed E-state index contributed by atoms with van der Waals surface area (Å²) in [7, 11) is 1.65. The summed E-state index contributed by atoms with van der Waals surface area (Å²) in [4.78, 5) is 14.2. The van der Waals surface area contributed by atoms with Gasteiger partial charge in [-0.25, -0.2) is 0 Å². The molecule has 8 heteroatoms. The number of hydrogen-bond acceptors (Lipinski definition) is 5. The van der Waals surface area contributed by atoms with Gasteiger partial charge in [-0.05, 0) is 24.6 Å². The van der Waals surface area contributed by atoms with Crippen LogP contribution in [-0.4, -0.2) is 44.8 Å². The van der Waals surface area contributed by atoms with Gasteiger partial charge in [0.15, 0.2) is 5.60 Å². The fourth-order valence-corrected chi connectivity index (χ4v) is 3.52. The normalized spacial score (nSPS) is 20.5. The highest BCUT2D eigenvalue weighted by molar-refractivity contribution is 6.31. The minimum Gasteiger partial charge on any atom is -0.396 e. The lowest BCUT2D eigenvalue weighted by Gasteiger charge is -2.27. The molecule has 0 spiro atoms. The van der Waals surface area contributed by atoms with Crippen molar-refractivity contribution in [2.45, 2.75) is 31.9 Å². The molecule has 7 nitrogen and oxygen atoms in total. The number of amides is 1. The molecule has 2 aromatic rings. The second-order valence-electron chi connectivity index (χ2n) is 6.74. The topological polar surface area (TPSA) is 91.5 Å². The Balaban J connectivity index is 1.69. The Hall–Kier alpha value is -2.22. The number of aliphatic hydroxyl groups excluding tert-OH is 1. The van der Waals surface area contributed by atoms with Crippen LogP contribution in [0.2, 0.25) is 5.02 Å². The van der Waals surface area contributed by atoms with Crippen molar-refractivity contribution in [3.63, 3.8) is 0 Å². The van der Waals surface area contributed by atoms with Gasteiger partial charge >= 0.3 is 0 Å². The van der Waals surface area contributed by atoms with Crippen molar-refractivity contribution >= 4 is 23.2 Å². The number of benzene rings is 1. The van der Waals surface area contributed by atoms with E-state index in [0.717, 1.165) is 5.69 Å². The molecule has 1 aliphatic heterocycles. The summed E-state index contributed by atoms with van der Waals surface area (Å²) in [5, 5.41) is 28.6. The predicted octanol–water partition coefficient (Wildman–Crippen LogP) is 1.91. The first-order valence-electron chi connectivity index (χ1n) is 8.85. The predicted molar refractivity (Wildman–Crippen MR) is 102 cm³/mol. The van der Waals surface area contributed by atoms with Crippen molar-refractivity contribution in [2.75, 3.05) is 18.6 Å². The number of aromatic nitrogens is 3. The van der Waals surface area contributed by atoms with Crippen LogP contribution in [0.15, 0.2) is 36.5 Å². The molecule has 0 saturated heterocycles. The van der Waals surface area contributed by atoms with Gasteiger partial charge in [0.1, 0.15) is 0 Å². The molecule has 1 amide bonds. The Morgan fingerprint density at radius 2 is 2.19 bits per heavy atom. The molecule has 1 aromatic carbocycles. The van der Waals surface area contributed by atoms with Crippen molar-refractivity contribution in [3.8, 4) is 0 Å². The number of halogens is 1. The van der Waals surface area contributed by atoms with Crippen LogP contribution < -0.4 is 4.90 Å². The second-order valence-corrected chi connectivity index (χ2v) is 7.18. The molecule has 0 radical (unpaired) electrons. The SMILES string of the molecule is C[C@@H](/C=C/CCn1cc(CCO)nn1)[C@]1(O)C(=O)N(C)c2ccc(Cl)cc21. The highest BCUT2D eigenvalue weighted by Crippen LogP contribution is 2.45. The molecule has 0 unspecified atom stereocenters. The zero-order valence-corrected chi connectivity index (χ0v) is 16.1. The number of hydrogen-bond donors (Lipinski definition) is 2. The average Bonchev–Trinajstić information content (AvgIpc) is 3.17. The Kier molecular flexibility index (Phi) is 5.64. The molecule has 144 valence electrons. The number of fused-ring (bicyclic) bond motifs is 1. The number of carbonyl (C=O) groups excluding carboxylic acids is 1. The fourth-order valence-electron chi connectivity index (χ4n) is 3.35. The summed E-state index contributed by atoms with van der Waals surface area (Å²) in [6.45, 7) is 2.48. The highest BCUT2D eigenvalue weighted by Gasteiger charge is 2.51. The van der Waals surface area contributed by atoms with E-state index in [1.807, 2.05) is 19.1 Å². The summed E-state index contributed by atoms with van der Waals surface area (Å²) < 4.78 is 1.71. The van der Waals surface area contributed by atoms with Crippen molar-refractivity contribution in [3.05, 3.63) is 52.8 Å². The van der Waals surface area contributed by atoms with Crippen LogP contribution in [0, 0.1) is 5.92 Å². The molecule has 2 heterocycles. The molecule has 3 rings (SSSR count). The second kappa shape index (κ2) is 7.80. The van der Waals surface area contributed by atoms with E-state index in [1.54, 1.807) is 36.1 Å². The first-order chi connectivity index (χ1) is 12.9. The quantitative estimate of drug-likeness (QED) is 0.705. The Morgan fingerprint density at radius 3 is 2.93 bits per heavy atom. The van der Waals surface area contributed by atoms with Crippen molar-refractivity contribution in [2.24, 2.45) is 5.92 Å². The summed E-state index contributed by atoms with van der Waals surface area (Å²) in [6, 6.07) is 5.11. The summed E-state index contributed by atoms with van der Waals surface area (Å²) in [5.41, 5.74) is 0.320. The summed E-state index contributed by atoms with van der Waals surface area (Å²) in [6.07, 6.45) is 6.72. The monoisotopic (exact) mass is 390 g/mol. The van der Waals surface area contributed by atoms with E-state index < -0.39 is 11.5 Å². The summed E-state index contributed by atoms with van der Waals surface area (Å²) >= 11 is 6.08. The van der Waals surface area contributed by atoms with Crippen LogP contribution in [0.3, 0.4) is 0 Å². The van der Waals surface area contributed by atoms with Gasteiger partial charge in [0.05, 0.1) is 11.4 Å². The Morgan fingerprint density at radius 1 is 1.41 bits per heavy atom. The maximum Gasteiger partial charge on any atom is 0.264 e. The van der Waals surface area contributed by atoms with Crippen LogP contribution >= 0.6 is 11.6 Å². The van der Waals surface area contributed by atoms with Gasteiger partial charge in [-0.2, -0.15) is 0 Å². The van der Waals surface area contributed by atoms with E-state index in [0.29, 0.717) is 35.7 Å². The van der Waals surface area contributed by atoms with Gasteiger partial charge in [-0.15, -0.1) is 5.10 Å². The van der Waals surface area contributed by atoms with E-state index in [9.17, 15) is 9.90 Å². The number of nitrogens with zero attached hydrogens (tertiary/aromatic N) is 4. The number of aryl methyl sites for hydroxylation is 1. The standard InChI is InChI=1S/C19H23ClN4O3/c1-13(5-3-4-9-24-12-15(8-10-25)21-22-24)19(27)16-11-14(20)6-7-17(16)23(2)18(19)26/h3,5-7,11-13,25,27H,4,8-10H2,1-2H3/b5-3+/t13-,19+/m0/s1. The molecule has 0 saturated carbocycles. The first kappa shape index (κ1) is 19.5. The van der Waals surface area contributed by atoms with Gasteiger partial charge in [0.25, 0.3) is 5.91 Å². The fraction of sp³-hybridized carbons (Fsp3) is 0.421. The number of allylic oxidation sites excluding steroid dienone is 1. The summed E-state index contributed by atoms with van der Waals surface area (Å²) in [5.74, 6) is -0.783. The zero-order chi connectivity index (χ0) is 19.6. The first-order valence-corrected chi connectivity index (χ1v) is 9.22. The van der Waals surface area contributed by atoms with Crippen LogP contribution in [0.25, 0.3) is 0 Å². The van der Waals surface area contributed by atoms with Gasteiger partial charge in [-0.3, -0.25) is 9.48 Å². The smallest absolute Gasteiger partial charge is 0.264 e. The van der Waals surface area contributed by atoms with Gasteiger partial charge < -0.3 is 15.1 Å². The molecule has 27 heavy (non-hydrogen) atoms. The molecule has 0 aliphatic carbocycles. The highest BCUT2D eigenvalue weighted by atomic mass is 35.5. The average molecular weight is 391 g/mol. The van der Waals surface area contributed by atoms with Crippen LogP contribution in [0.1, 0.15) is 24.6 Å². The molecule has 2 atom stereocenters. The maximum atomic E-state index is 12.7. The zero-order valence-electron chi connectivity index (χ0n) is 15.3. The molecule has 2 N–H and O–H groups in total. The lowest BCUT2D eigenvalue weighted by Crippen LogP contribution is -2.43. The number of carbonyl (C=O) groups is 1. The minimum atomic E-state index is -1.63. The van der Waals surface area contributed by atoms with Crippen LogP contribution in [0.5, 0.6) is 0 Å². The van der Waals surface area contributed by atoms with E-state index >= 15 is 0 Å². The van der Waals surface area contributed by atoms with E-state index in [4.69, 9.17) is 16.7 Å². The largest absolute Gasteiger partial charge is 0.396 e. The molecular weight excluding hydrogens is 368 g/mol. The van der Waals surface area contributed by atoms with Gasteiger partial charge in [0.2, 0.25) is 0 Å². The maximum absolute atomic E-state index is 12.7. The van der Waals surface area contributed by atoms with E-state index in [2.05, 4.69) is 10.3 Å². The van der Waals surface area contributed by atoms with E-state index in [1.165, 1.54) is 4.90 Å². The van der Waals surface area contributed by atoms with Crippen molar-refractivity contribution < 1.29 is 15.0 Å². The van der Waals surface area contributed by atoms with Gasteiger partial charge in [-0.1, -0.05) is 35.9 Å². The third-order valence-electron chi connectivity index (χ3n) is 4.92. The Bertz CT molecular complexity index is 866. The minimum absolute atomic E-state index is 0.0443. The molecule has 0 fully saturated rings. The number of anilines is 1. The molecular formula is C19H23ClN4O3. The van der Waals surface area contributed by atoms with Crippen molar-refractivity contribution in [1.82, 2.24) is 15.0 Å². The lowest BCUT2D eigenvalue weighted by atomic mass is 9.83. The molecule has 0 bridgehead atoms. The van der Waals surface area contributed by atoms with Crippen molar-refractivity contribution in [1.29, 1.82) is 0 Å². The molecule has 1 aliphatic rings. The van der Waals surface area contributed by atoms with Gasteiger partial charge in [0, 0.05) is 49.3 Å². The van der Waals surface area contributed by atoms with Crippen LogP contribution in [-0.2, 0) is 23.4 Å². The third kappa shape index (κ3) is 3.63.